The van der Waals surface area contributed by atoms with Gasteiger partial charge in [0.15, 0.2) is 5.82 Å². The average Bonchev–Trinajstić information content (AvgIpc) is 3.45. The molecule has 6 aliphatic rings. The highest BCUT2D eigenvalue weighted by Crippen LogP contribution is 2.37. The van der Waals surface area contributed by atoms with Crippen LogP contribution in [0, 0.1) is 5.92 Å². The molecule has 0 saturated carbocycles. The third-order valence-electron chi connectivity index (χ3n) is 12.7. The van der Waals surface area contributed by atoms with Crippen molar-refractivity contribution in [1.29, 1.82) is 0 Å². The molecule has 3 unspecified atom stereocenters. The first-order valence-electron chi connectivity index (χ1n) is 20.1. The molecule has 16 nitrogen and oxygen atoms in total. The third kappa shape index (κ3) is 6.68. The molecule has 298 valence electrons. The van der Waals surface area contributed by atoms with Crippen LogP contribution in [0.25, 0.3) is 11.3 Å². The van der Waals surface area contributed by atoms with Crippen LogP contribution in [0.5, 0.6) is 5.75 Å². The second-order valence-corrected chi connectivity index (χ2v) is 16.4. The monoisotopic (exact) mass is 776 g/mol. The van der Waals surface area contributed by atoms with Gasteiger partial charge in [0.1, 0.15) is 11.8 Å². The summed E-state index contributed by atoms with van der Waals surface area (Å²) in [6.45, 7) is 11.1. The minimum absolute atomic E-state index is 0.0624. The first-order valence-corrected chi connectivity index (χ1v) is 20.1. The lowest BCUT2D eigenvalue weighted by Crippen LogP contribution is -2.65. The number of rotatable bonds is 5. The number of carbonyl (C=O) groups is 5. The molecular formula is C41H48N10O6. The second-order valence-electron chi connectivity index (χ2n) is 16.4. The van der Waals surface area contributed by atoms with E-state index in [9.17, 15) is 29.1 Å². The Morgan fingerprint density at radius 1 is 0.842 bits per heavy atom. The summed E-state index contributed by atoms with van der Waals surface area (Å²) in [5.41, 5.74) is 3.65. The van der Waals surface area contributed by atoms with E-state index in [0.717, 1.165) is 61.8 Å². The maximum Gasteiger partial charge on any atom is 0.320 e. The van der Waals surface area contributed by atoms with E-state index in [0.29, 0.717) is 60.3 Å². The van der Waals surface area contributed by atoms with Crippen LogP contribution in [0.15, 0.2) is 48.5 Å². The van der Waals surface area contributed by atoms with E-state index in [1.54, 1.807) is 24.3 Å². The van der Waals surface area contributed by atoms with Gasteiger partial charge in [-0.1, -0.05) is 12.1 Å². The van der Waals surface area contributed by atoms with E-state index in [1.165, 1.54) is 0 Å². The molecule has 1 aromatic heterocycles. The SMILES string of the molecule is CC1CN(CC2CCN(c3ccc4c(c3)C(=O)N(C3CCC(=O)NC3=O)C4=O)CC2)CC(C)N1C(=O)N1CCN2c3cc(-c4ccccc4O)nnc3NC[C@H]2C1. The molecule has 4 atom stereocenters. The molecule has 0 spiro atoms. The number of anilines is 3. The summed E-state index contributed by atoms with van der Waals surface area (Å²) >= 11 is 0. The van der Waals surface area contributed by atoms with Gasteiger partial charge in [-0.05, 0) is 75.4 Å². The Hall–Kier alpha value is -5.77. The van der Waals surface area contributed by atoms with Gasteiger partial charge >= 0.3 is 6.03 Å². The van der Waals surface area contributed by atoms with Crippen LogP contribution in [0.3, 0.4) is 0 Å². The van der Waals surface area contributed by atoms with Crippen LogP contribution in [-0.4, -0.2) is 148 Å². The molecule has 3 N–H and O–H groups in total. The smallest absolute Gasteiger partial charge is 0.320 e. The quantitative estimate of drug-likeness (QED) is 0.324. The molecule has 9 rings (SSSR count). The topological polar surface area (TPSA) is 175 Å². The summed E-state index contributed by atoms with van der Waals surface area (Å²) in [6.07, 6.45) is 2.18. The van der Waals surface area contributed by atoms with Crippen LogP contribution in [0.2, 0.25) is 0 Å². The number of aromatic hydroxyl groups is 1. The van der Waals surface area contributed by atoms with Crippen molar-refractivity contribution < 1.29 is 29.1 Å². The molecule has 0 radical (unpaired) electrons. The van der Waals surface area contributed by atoms with Gasteiger partial charge in [-0.3, -0.25) is 34.3 Å². The fourth-order valence-electron chi connectivity index (χ4n) is 9.80. The van der Waals surface area contributed by atoms with Gasteiger partial charge in [0.2, 0.25) is 11.8 Å². The molecule has 0 aliphatic carbocycles. The van der Waals surface area contributed by atoms with Crippen molar-refractivity contribution in [2.75, 3.05) is 74.0 Å². The third-order valence-corrected chi connectivity index (χ3v) is 12.7. The minimum atomic E-state index is -0.979. The number of aromatic nitrogens is 2. The summed E-state index contributed by atoms with van der Waals surface area (Å²) in [4.78, 5) is 77.0. The van der Waals surface area contributed by atoms with E-state index < -0.39 is 29.7 Å². The van der Waals surface area contributed by atoms with Gasteiger partial charge in [0.25, 0.3) is 11.8 Å². The summed E-state index contributed by atoms with van der Waals surface area (Å²) in [7, 11) is 0. The molecule has 57 heavy (non-hydrogen) atoms. The van der Waals surface area contributed by atoms with Gasteiger partial charge < -0.3 is 30.0 Å². The van der Waals surface area contributed by atoms with Crippen molar-refractivity contribution in [2.45, 2.75) is 63.7 Å². The Labute approximate surface area is 330 Å². The maximum absolute atomic E-state index is 14.1. The van der Waals surface area contributed by atoms with Crippen molar-refractivity contribution in [1.82, 2.24) is 35.1 Å². The normalized spacial score (nSPS) is 25.5. The zero-order valence-corrected chi connectivity index (χ0v) is 32.3. The predicted molar refractivity (Wildman–Crippen MR) is 211 cm³/mol. The number of piperidine rings is 2. The standard InChI is InChI=1S/C41H48N10O6/c1-24-20-46(22-26-11-13-47(14-12-26)27-7-8-29-31(17-27)40(56)51(39(29)55)33-9-10-36(53)43-38(33)54)21-25(2)50(24)41(57)48-15-16-49-28(23-48)19-42-37-34(49)18-32(44-45-37)30-5-3-4-6-35(30)52/h3-8,17-18,24-26,28,33,52H,9-16,19-23H2,1-2H3,(H,42,45)(H,43,53,54)/t24?,25?,28-,33?/m0/s1. The highest BCUT2D eigenvalue weighted by molar-refractivity contribution is 6.23. The van der Waals surface area contributed by atoms with E-state index in [1.807, 2.05) is 29.2 Å². The number of hydrogen-bond donors (Lipinski definition) is 3. The molecule has 7 heterocycles. The Morgan fingerprint density at radius 3 is 2.35 bits per heavy atom. The minimum Gasteiger partial charge on any atom is -0.507 e. The molecule has 4 saturated heterocycles. The highest BCUT2D eigenvalue weighted by atomic mass is 16.3. The molecule has 2 aromatic carbocycles. The first-order chi connectivity index (χ1) is 27.5. The van der Waals surface area contributed by atoms with Crippen LogP contribution in [0.1, 0.15) is 60.2 Å². The van der Waals surface area contributed by atoms with Crippen LogP contribution < -0.4 is 20.4 Å². The van der Waals surface area contributed by atoms with E-state index in [4.69, 9.17) is 0 Å². The van der Waals surface area contributed by atoms with Crippen molar-refractivity contribution >= 4 is 46.9 Å². The number of imide groups is 2. The van der Waals surface area contributed by atoms with Crippen molar-refractivity contribution in [3.63, 3.8) is 0 Å². The number of nitrogens with one attached hydrogen (secondary N) is 2. The zero-order valence-electron chi connectivity index (χ0n) is 32.3. The largest absolute Gasteiger partial charge is 0.507 e. The predicted octanol–water partition coefficient (Wildman–Crippen LogP) is 2.60. The second kappa shape index (κ2) is 14.6. The first kappa shape index (κ1) is 36.8. The number of fused-ring (bicyclic) bond motifs is 4. The van der Waals surface area contributed by atoms with Crippen LogP contribution in [0.4, 0.5) is 22.0 Å². The number of nitrogens with zero attached hydrogens (tertiary/aromatic N) is 8. The van der Waals surface area contributed by atoms with Gasteiger partial charge in [0.05, 0.1) is 28.6 Å². The van der Waals surface area contributed by atoms with Crippen LogP contribution >= 0.6 is 0 Å². The van der Waals surface area contributed by atoms with Crippen molar-refractivity contribution in [3.8, 4) is 17.0 Å². The fraction of sp³-hybridized carbons (Fsp3) is 0.488. The number of urea groups is 1. The van der Waals surface area contributed by atoms with Gasteiger partial charge in [-0.25, -0.2) is 4.79 Å². The summed E-state index contributed by atoms with van der Waals surface area (Å²) in [5.74, 6) is -0.620. The lowest BCUT2D eigenvalue weighted by molar-refractivity contribution is -0.136. The Bertz CT molecular complexity index is 2130. The van der Waals surface area contributed by atoms with Gasteiger partial charge in [0, 0.05) is 88.7 Å². The fourth-order valence-corrected chi connectivity index (χ4v) is 9.80. The molecule has 0 bridgehead atoms. The number of carbonyl (C=O) groups excluding carboxylic acids is 5. The molecule has 6 amide bonds. The Morgan fingerprint density at radius 2 is 1.60 bits per heavy atom. The van der Waals surface area contributed by atoms with E-state index in [2.05, 4.69) is 54.3 Å². The number of phenols is 1. The van der Waals surface area contributed by atoms with Crippen molar-refractivity contribution in [2.24, 2.45) is 5.92 Å². The number of benzene rings is 2. The molecule has 4 fully saturated rings. The number of phenolic OH excluding ortho intramolecular Hbond substituents is 1. The van der Waals surface area contributed by atoms with E-state index >= 15 is 0 Å². The summed E-state index contributed by atoms with van der Waals surface area (Å²) in [6, 6.07) is 13.7. The van der Waals surface area contributed by atoms with Crippen LogP contribution in [-0.2, 0) is 9.59 Å². The molecule has 3 aromatic rings. The maximum atomic E-state index is 14.1. The molecule has 6 aliphatic heterocycles. The lowest BCUT2D eigenvalue weighted by atomic mass is 9.94. The van der Waals surface area contributed by atoms with Gasteiger partial charge in [-0.2, -0.15) is 0 Å². The zero-order chi connectivity index (χ0) is 39.5. The summed E-state index contributed by atoms with van der Waals surface area (Å²) < 4.78 is 0. The Balaban J connectivity index is 0.775. The Kier molecular flexibility index (Phi) is 9.45. The number of hydrogen-bond acceptors (Lipinski definition) is 12. The van der Waals surface area contributed by atoms with Gasteiger partial charge in [-0.15, -0.1) is 10.2 Å². The number of amides is 6. The molecular weight excluding hydrogens is 729 g/mol. The highest BCUT2D eigenvalue weighted by Gasteiger charge is 2.45. The van der Waals surface area contributed by atoms with Crippen molar-refractivity contribution in [3.05, 3.63) is 59.7 Å². The molecule has 16 heteroatoms. The summed E-state index contributed by atoms with van der Waals surface area (Å²) in [5, 5.41) is 24.9. The lowest BCUT2D eigenvalue weighted by Gasteiger charge is -2.50. The number of piperazine rings is 2. The average molecular weight is 777 g/mol. The number of para-hydroxylation sites is 1. The van der Waals surface area contributed by atoms with E-state index in [-0.39, 0.29) is 42.7 Å².